The molecule has 2 unspecified atom stereocenters. The molecular weight excluding hydrogens is 284 g/mol. The number of nitriles is 2. The number of hydrogen-bond acceptors (Lipinski definition) is 4. The molecule has 0 aliphatic rings. The second-order valence-corrected chi connectivity index (χ2v) is 16.5. The highest BCUT2D eigenvalue weighted by atomic mass is 28.4. The zero-order valence-electron chi connectivity index (χ0n) is 14.1. The van der Waals surface area contributed by atoms with Gasteiger partial charge in [0.2, 0.25) is 0 Å². The summed E-state index contributed by atoms with van der Waals surface area (Å²) in [6.45, 7) is 16.0. The lowest BCUT2D eigenvalue weighted by atomic mass is 9.93. The van der Waals surface area contributed by atoms with E-state index in [1.54, 1.807) is 13.8 Å². The quantitative estimate of drug-likeness (QED) is 0.666. The Balaban J connectivity index is 4.87. The van der Waals surface area contributed by atoms with Gasteiger partial charge in [0.15, 0.2) is 16.6 Å². The first-order valence-corrected chi connectivity index (χ1v) is 13.8. The summed E-state index contributed by atoms with van der Waals surface area (Å²) in [6.07, 6.45) is 1.00. The number of rotatable bonds is 7. The molecule has 0 rings (SSSR count). The molecule has 0 aromatic carbocycles. The van der Waals surface area contributed by atoms with Gasteiger partial charge in [0, 0.05) is 0 Å². The monoisotopic (exact) mass is 312 g/mol. The molecule has 0 amide bonds. The third-order valence-electron chi connectivity index (χ3n) is 2.62. The van der Waals surface area contributed by atoms with Crippen molar-refractivity contribution in [1.29, 1.82) is 10.5 Å². The molecule has 0 aliphatic carbocycles. The van der Waals surface area contributed by atoms with Crippen molar-refractivity contribution in [3.05, 3.63) is 0 Å². The Morgan fingerprint density at radius 1 is 0.750 bits per heavy atom. The fraction of sp³-hybridized carbons (Fsp3) is 0.857. The highest BCUT2D eigenvalue weighted by Crippen LogP contribution is 2.29. The molecule has 0 heterocycles. The van der Waals surface area contributed by atoms with Gasteiger partial charge in [-0.2, -0.15) is 10.5 Å². The van der Waals surface area contributed by atoms with Crippen LogP contribution in [0.15, 0.2) is 0 Å². The third-order valence-corrected chi connectivity index (χ3v) is 4.74. The van der Waals surface area contributed by atoms with Gasteiger partial charge in [-0.05, 0) is 66.0 Å². The Labute approximate surface area is 126 Å². The third kappa shape index (κ3) is 7.81. The standard InChI is InChI=1S/C14H28N2O2Si2/c1-13(11-15,17-19(3,4)5)9-10-14(2,12-16)18-20(6,7)8/h9-10H2,1-8H3. The minimum absolute atomic E-state index is 0.502. The van der Waals surface area contributed by atoms with E-state index in [4.69, 9.17) is 8.85 Å². The fourth-order valence-corrected chi connectivity index (χ4v) is 5.09. The van der Waals surface area contributed by atoms with Crippen LogP contribution < -0.4 is 0 Å². The maximum Gasteiger partial charge on any atom is 0.185 e. The summed E-state index contributed by atoms with van der Waals surface area (Å²) in [6, 6.07) is 4.51. The Morgan fingerprint density at radius 3 is 1.15 bits per heavy atom. The second kappa shape index (κ2) is 6.40. The van der Waals surface area contributed by atoms with Crippen molar-refractivity contribution in [2.24, 2.45) is 0 Å². The molecule has 0 aliphatic heterocycles. The van der Waals surface area contributed by atoms with E-state index in [2.05, 4.69) is 51.4 Å². The first-order valence-electron chi connectivity index (χ1n) is 6.97. The van der Waals surface area contributed by atoms with Crippen LogP contribution in [0.2, 0.25) is 39.3 Å². The van der Waals surface area contributed by atoms with Gasteiger partial charge in [-0.1, -0.05) is 0 Å². The van der Waals surface area contributed by atoms with Crippen molar-refractivity contribution in [2.45, 2.75) is 77.2 Å². The zero-order valence-corrected chi connectivity index (χ0v) is 16.1. The van der Waals surface area contributed by atoms with Crippen molar-refractivity contribution in [2.75, 3.05) is 0 Å². The summed E-state index contributed by atoms with van der Waals surface area (Å²) in [4.78, 5) is 0. The van der Waals surface area contributed by atoms with Gasteiger partial charge in [0.25, 0.3) is 0 Å². The van der Waals surface area contributed by atoms with Crippen molar-refractivity contribution in [3.8, 4) is 12.1 Å². The molecule has 4 nitrogen and oxygen atoms in total. The van der Waals surface area contributed by atoms with Crippen LogP contribution in [0.3, 0.4) is 0 Å². The van der Waals surface area contributed by atoms with E-state index in [-0.39, 0.29) is 0 Å². The molecular formula is C14H28N2O2Si2. The lowest BCUT2D eigenvalue weighted by Crippen LogP contribution is -2.44. The number of nitrogens with zero attached hydrogens (tertiary/aromatic N) is 2. The minimum atomic E-state index is -1.80. The van der Waals surface area contributed by atoms with Crippen molar-refractivity contribution >= 4 is 16.6 Å². The molecule has 0 fully saturated rings. The molecule has 0 spiro atoms. The van der Waals surface area contributed by atoms with Gasteiger partial charge in [-0.3, -0.25) is 0 Å². The SMILES string of the molecule is CC(C#N)(CCC(C)(C#N)O[Si](C)(C)C)O[Si](C)(C)C. The maximum absolute atomic E-state index is 9.38. The van der Waals surface area contributed by atoms with Gasteiger partial charge in [0.1, 0.15) is 11.2 Å². The molecule has 0 radical (unpaired) electrons. The molecule has 20 heavy (non-hydrogen) atoms. The predicted octanol–water partition coefficient (Wildman–Crippen LogP) is 4.03. The minimum Gasteiger partial charge on any atom is -0.400 e. The van der Waals surface area contributed by atoms with Crippen LogP contribution in [0, 0.1) is 22.7 Å². The average Bonchev–Trinajstić information content (AvgIpc) is 2.22. The van der Waals surface area contributed by atoms with Gasteiger partial charge >= 0.3 is 0 Å². The molecule has 2 atom stereocenters. The largest absolute Gasteiger partial charge is 0.400 e. The molecule has 114 valence electrons. The molecule has 0 saturated heterocycles. The van der Waals surface area contributed by atoms with Crippen molar-refractivity contribution < 1.29 is 8.85 Å². The second-order valence-electron chi connectivity index (χ2n) is 7.61. The van der Waals surface area contributed by atoms with Gasteiger partial charge in [0.05, 0.1) is 12.1 Å². The maximum atomic E-state index is 9.38. The molecule has 0 bridgehead atoms. The van der Waals surface area contributed by atoms with Crippen LogP contribution in [0.4, 0.5) is 0 Å². The Kier molecular flexibility index (Phi) is 6.19. The summed E-state index contributed by atoms with van der Waals surface area (Å²) in [5.74, 6) is 0. The van der Waals surface area contributed by atoms with Crippen LogP contribution in [0.5, 0.6) is 0 Å². The van der Waals surface area contributed by atoms with Crippen LogP contribution in [-0.2, 0) is 8.85 Å². The Bertz CT molecular complexity index is 375. The summed E-state index contributed by atoms with van der Waals surface area (Å²) in [5.41, 5.74) is -1.68. The average molecular weight is 313 g/mol. The van der Waals surface area contributed by atoms with Crippen molar-refractivity contribution in [3.63, 3.8) is 0 Å². The van der Waals surface area contributed by atoms with E-state index < -0.39 is 27.8 Å². The van der Waals surface area contributed by atoms with Gasteiger partial charge < -0.3 is 8.85 Å². The number of hydrogen-bond donors (Lipinski definition) is 0. The van der Waals surface area contributed by atoms with E-state index in [0.29, 0.717) is 12.8 Å². The van der Waals surface area contributed by atoms with E-state index >= 15 is 0 Å². The molecule has 0 saturated carbocycles. The Hall–Kier alpha value is -0.666. The molecule has 0 N–H and O–H groups in total. The summed E-state index contributed by atoms with van der Waals surface area (Å²) in [5, 5.41) is 18.8. The normalized spacial score (nSPS) is 18.5. The first kappa shape index (κ1) is 19.3. The van der Waals surface area contributed by atoms with Crippen LogP contribution >= 0.6 is 0 Å². The van der Waals surface area contributed by atoms with Gasteiger partial charge in [-0.25, -0.2) is 0 Å². The molecule has 0 aromatic rings. The smallest absolute Gasteiger partial charge is 0.185 e. The van der Waals surface area contributed by atoms with E-state index in [9.17, 15) is 10.5 Å². The Morgan fingerprint density at radius 2 is 1.00 bits per heavy atom. The molecule has 0 aromatic heterocycles. The van der Waals surface area contributed by atoms with Crippen LogP contribution in [0.1, 0.15) is 26.7 Å². The zero-order chi connectivity index (χ0) is 16.2. The lowest BCUT2D eigenvalue weighted by Gasteiger charge is -2.35. The summed E-state index contributed by atoms with van der Waals surface area (Å²) >= 11 is 0. The topological polar surface area (TPSA) is 66.0 Å². The highest BCUT2D eigenvalue weighted by Gasteiger charge is 2.37. The highest BCUT2D eigenvalue weighted by molar-refractivity contribution is 6.70. The predicted molar refractivity (Wildman–Crippen MR) is 86.1 cm³/mol. The fourth-order valence-electron chi connectivity index (χ4n) is 2.09. The lowest BCUT2D eigenvalue weighted by molar-refractivity contribution is 0.0760. The van der Waals surface area contributed by atoms with Crippen LogP contribution in [0.25, 0.3) is 0 Å². The van der Waals surface area contributed by atoms with E-state index in [0.717, 1.165) is 0 Å². The van der Waals surface area contributed by atoms with Crippen LogP contribution in [-0.4, -0.2) is 27.8 Å². The summed E-state index contributed by atoms with van der Waals surface area (Å²) in [7, 11) is -3.61. The van der Waals surface area contributed by atoms with E-state index in [1.165, 1.54) is 0 Å². The van der Waals surface area contributed by atoms with Crippen molar-refractivity contribution in [1.82, 2.24) is 0 Å². The van der Waals surface area contributed by atoms with E-state index in [1.807, 2.05) is 0 Å². The summed E-state index contributed by atoms with van der Waals surface area (Å²) < 4.78 is 11.9. The van der Waals surface area contributed by atoms with Gasteiger partial charge in [-0.15, -0.1) is 0 Å². The molecule has 6 heteroatoms. The first-order chi connectivity index (χ1) is 8.74.